The number of ether oxygens (including phenoxy) is 1. The zero-order valence-electron chi connectivity index (χ0n) is 13.7. The van der Waals surface area contributed by atoms with Crippen molar-refractivity contribution in [3.05, 3.63) is 23.3 Å². The first-order chi connectivity index (χ1) is 9.45. The van der Waals surface area contributed by atoms with Gasteiger partial charge in [-0.2, -0.15) is 0 Å². The molecule has 0 unspecified atom stereocenters. The third-order valence-corrected chi connectivity index (χ3v) is 3.74. The van der Waals surface area contributed by atoms with Crippen LogP contribution >= 0.6 is 0 Å². The van der Waals surface area contributed by atoms with Gasteiger partial charge in [0, 0.05) is 5.56 Å². The monoisotopic (exact) mass is 278 g/mol. The molecule has 0 bridgehead atoms. The van der Waals surface area contributed by atoms with Crippen molar-refractivity contribution in [2.24, 2.45) is 11.8 Å². The lowest BCUT2D eigenvalue weighted by atomic mass is 9.93. The van der Waals surface area contributed by atoms with E-state index in [0.29, 0.717) is 11.7 Å². The van der Waals surface area contributed by atoms with Gasteiger partial charge in [0.1, 0.15) is 0 Å². The standard InChI is InChI=1S/C18H30O2/c1-13(2)7-6-8-15-10-12-17(19)18(20-5)16(15)11-9-14(3)4/h10,12-14,19H,6-9,11H2,1-5H3. The highest BCUT2D eigenvalue weighted by Crippen LogP contribution is 2.34. The Morgan fingerprint density at radius 1 is 1.00 bits per heavy atom. The maximum Gasteiger partial charge on any atom is 0.163 e. The van der Waals surface area contributed by atoms with Crippen LogP contribution in [0.1, 0.15) is 58.1 Å². The molecule has 0 atom stereocenters. The molecule has 114 valence electrons. The lowest BCUT2D eigenvalue weighted by Gasteiger charge is -2.16. The lowest BCUT2D eigenvalue weighted by Crippen LogP contribution is -2.02. The van der Waals surface area contributed by atoms with Gasteiger partial charge in [-0.05, 0) is 49.1 Å². The molecule has 20 heavy (non-hydrogen) atoms. The molecule has 0 aliphatic heterocycles. The van der Waals surface area contributed by atoms with Crippen LogP contribution in [0.5, 0.6) is 11.5 Å². The Balaban J connectivity index is 2.90. The normalized spacial score (nSPS) is 11.3. The van der Waals surface area contributed by atoms with Crippen LogP contribution in [0.15, 0.2) is 12.1 Å². The van der Waals surface area contributed by atoms with Crippen molar-refractivity contribution in [2.45, 2.75) is 59.8 Å². The number of methoxy groups -OCH3 is 1. The third-order valence-electron chi connectivity index (χ3n) is 3.74. The molecule has 2 nitrogen and oxygen atoms in total. The molecule has 0 spiro atoms. The van der Waals surface area contributed by atoms with Gasteiger partial charge in [0.15, 0.2) is 11.5 Å². The summed E-state index contributed by atoms with van der Waals surface area (Å²) in [6.45, 7) is 8.98. The fourth-order valence-electron chi connectivity index (χ4n) is 2.53. The number of phenolic OH excluding ortho intramolecular Hbond substituents is 1. The number of aromatic hydroxyl groups is 1. The van der Waals surface area contributed by atoms with E-state index in [1.54, 1.807) is 13.2 Å². The van der Waals surface area contributed by atoms with Crippen LogP contribution in [0.2, 0.25) is 0 Å². The maximum atomic E-state index is 9.97. The van der Waals surface area contributed by atoms with Gasteiger partial charge in [0.2, 0.25) is 0 Å². The number of phenols is 1. The predicted octanol–water partition coefficient (Wildman–Crippen LogP) is 4.97. The second-order valence-corrected chi connectivity index (χ2v) is 6.47. The Hall–Kier alpha value is -1.18. The van der Waals surface area contributed by atoms with Gasteiger partial charge in [-0.15, -0.1) is 0 Å². The second kappa shape index (κ2) is 8.18. The topological polar surface area (TPSA) is 29.5 Å². The van der Waals surface area contributed by atoms with Gasteiger partial charge in [-0.25, -0.2) is 0 Å². The molecule has 0 saturated carbocycles. The number of hydrogen-bond acceptors (Lipinski definition) is 2. The van der Waals surface area contributed by atoms with Crippen LogP contribution in [0.4, 0.5) is 0 Å². The predicted molar refractivity (Wildman–Crippen MR) is 85.6 cm³/mol. The molecular weight excluding hydrogens is 248 g/mol. The highest BCUT2D eigenvalue weighted by Gasteiger charge is 2.14. The van der Waals surface area contributed by atoms with Gasteiger partial charge in [0.05, 0.1) is 7.11 Å². The summed E-state index contributed by atoms with van der Waals surface area (Å²) in [6.07, 6.45) is 5.61. The number of hydrogen-bond donors (Lipinski definition) is 1. The first-order valence-corrected chi connectivity index (χ1v) is 7.83. The van der Waals surface area contributed by atoms with E-state index >= 15 is 0 Å². The van der Waals surface area contributed by atoms with Crippen molar-refractivity contribution in [3.63, 3.8) is 0 Å². The molecule has 0 aliphatic carbocycles. The molecule has 1 N–H and O–H groups in total. The lowest BCUT2D eigenvalue weighted by molar-refractivity contribution is 0.367. The second-order valence-electron chi connectivity index (χ2n) is 6.47. The molecule has 0 fully saturated rings. The van der Waals surface area contributed by atoms with Gasteiger partial charge in [-0.3, -0.25) is 0 Å². The molecule has 0 saturated heterocycles. The van der Waals surface area contributed by atoms with E-state index in [1.807, 2.05) is 0 Å². The fourth-order valence-corrected chi connectivity index (χ4v) is 2.53. The minimum absolute atomic E-state index is 0.263. The molecular formula is C18H30O2. The molecule has 1 rings (SSSR count). The Morgan fingerprint density at radius 2 is 1.65 bits per heavy atom. The van der Waals surface area contributed by atoms with E-state index in [2.05, 4.69) is 33.8 Å². The van der Waals surface area contributed by atoms with Crippen LogP contribution in [0, 0.1) is 11.8 Å². The van der Waals surface area contributed by atoms with Crippen LogP contribution < -0.4 is 4.74 Å². The first kappa shape index (κ1) is 16.9. The average Bonchev–Trinajstić information content (AvgIpc) is 2.37. The van der Waals surface area contributed by atoms with E-state index in [4.69, 9.17) is 4.74 Å². The van der Waals surface area contributed by atoms with Crippen molar-refractivity contribution in [2.75, 3.05) is 7.11 Å². The average molecular weight is 278 g/mol. The van der Waals surface area contributed by atoms with Crippen molar-refractivity contribution in [1.29, 1.82) is 0 Å². The van der Waals surface area contributed by atoms with Crippen LogP contribution in [-0.4, -0.2) is 12.2 Å². The Labute approximate surface area is 124 Å². The SMILES string of the molecule is COc1c(O)ccc(CCCC(C)C)c1CCC(C)C. The summed E-state index contributed by atoms with van der Waals surface area (Å²) in [5, 5.41) is 9.97. The molecule has 0 aromatic heterocycles. The number of aryl methyl sites for hydroxylation is 1. The Morgan fingerprint density at radius 3 is 2.20 bits per heavy atom. The molecule has 2 heteroatoms. The van der Waals surface area contributed by atoms with Crippen molar-refractivity contribution >= 4 is 0 Å². The molecule has 0 heterocycles. The summed E-state index contributed by atoms with van der Waals surface area (Å²) in [4.78, 5) is 0. The van der Waals surface area contributed by atoms with E-state index in [9.17, 15) is 5.11 Å². The minimum Gasteiger partial charge on any atom is -0.504 e. The fraction of sp³-hybridized carbons (Fsp3) is 0.667. The quantitative estimate of drug-likeness (QED) is 0.727. The van der Waals surface area contributed by atoms with Gasteiger partial charge >= 0.3 is 0 Å². The molecule has 1 aromatic carbocycles. The highest BCUT2D eigenvalue weighted by molar-refractivity contribution is 5.50. The van der Waals surface area contributed by atoms with Gasteiger partial charge in [0.25, 0.3) is 0 Å². The molecule has 0 radical (unpaired) electrons. The van der Waals surface area contributed by atoms with Crippen molar-refractivity contribution < 1.29 is 9.84 Å². The van der Waals surface area contributed by atoms with E-state index in [-0.39, 0.29) is 5.75 Å². The van der Waals surface area contributed by atoms with Crippen LogP contribution in [0.3, 0.4) is 0 Å². The zero-order chi connectivity index (χ0) is 15.1. The van der Waals surface area contributed by atoms with Crippen LogP contribution in [-0.2, 0) is 12.8 Å². The first-order valence-electron chi connectivity index (χ1n) is 7.83. The largest absolute Gasteiger partial charge is 0.504 e. The summed E-state index contributed by atoms with van der Waals surface area (Å²) in [5.41, 5.74) is 2.53. The van der Waals surface area contributed by atoms with E-state index < -0.39 is 0 Å². The minimum atomic E-state index is 0.263. The Kier molecular flexibility index (Phi) is 6.90. The van der Waals surface area contributed by atoms with E-state index in [0.717, 1.165) is 25.2 Å². The van der Waals surface area contributed by atoms with E-state index in [1.165, 1.54) is 24.0 Å². The zero-order valence-corrected chi connectivity index (χ0v) is 13.7. The summed E-state index contributed by atoms with van der Waals surface area (Å²) in [6, 6.07) is 3.83. The maximum absolute atomic E-state index is 9.97. The number of rotatable bonds is 8. The smallest absolute Gasteiger partial charge is 0.163 e. The van der Waals surface area contributed by atoms with Crippen molar-refractivity contribution in [3.8, 4) is 11.5 Å². The van der Waals surface area contributed by atoms with Crippen LogP contribution in [0.25, 0.3) is 0 Å². The molecule has 0 aliphatic rings. The number of benzene rings is 1. The summed E-state index contributed by atoms with van der Waals surface area (Å²) < 4.78 is 5.43. The summed E-state index contributed by atoms with van der Waals surface area (Å²) >= 11 is 0. The molecule has 0 amide bonds. The van der Waals surface area contributed by atoms with Crippen molar-refractivity contribution in [1.82, 2.24) is 0 Å². The summed E-state index contributed by atoms with van der Waals surface area (Å²) in [7, 11) is 1.64. The molecule has 1 aromatic rings. The highest BCUT2D eigenvalue weighted by atomic mass is 16.5. The third kappa shape index (κ3) is 5.07. The van der Waals surface area contributed by atoms with Gasteiger partial charge in [-0.1, -0.05) is 40.2 Å². The summed E-state index contributed by atoms with van der Waals surface area (Å²) in [5.74, 6) is 2.34. The Bertz CT molecular complexity index is 408. The van der Waals surface area contributed by atoms with Gasteiger partial charge < -0.3 is 9.84 Å².